The molecule has 216 valence electrons. The molecule has 1 fully saturated rings. The first-order valence-corrected chi connectivity index (χ1v) is 14.3. The molecule has 2 aromatic carbocycles. The molecule has 0 atom stereocenters. The molecule has 4 aromatic rings. The van der Waals surface area contributed by atoms with Gasteiger partial charge in [-0.15, -0.1) is 0 Å². The number of thiazole rings is 1. The standard InChI is InChI=1S/C30H34N4O6S/c1-38-14-12-33(13-15-39-2)30-31-23-8-7-21(17-28(23)41-30)34-19-22(29(36)37)26(35)18-25(34)20-6-9-24(27(16-20)40-3)32-10-4-5-11-32/h6-9,16-19H,4-5,10-15H2,1-3H3,(H,36,37). The Bertz CT molecular complexity index is 1590. The topological polar surface area (TPSA) is 106 Å². The summed E-state index contributed by atoms with van der Waals surface area (Å²) in [6.45, 7) is 4.41. The third-order valence-corrected chi connectivity index (χ3v) is 8.32. The maximum atomic E-state index is 12.9. The predicted molar refractivity (Wildman–Crippen MR) is 162 cm³/mol. The lowest BCUT2D eigenvalue weighted by Crippen LogP contribution is -2.30. The van der Waals surface area contributed by atoms with Crippen LogP contribution in [0.1, 0.15) is 23.2 Å². The molecule has 1 aliphatic rings. The normalized spacial score (nSPS) is 13.2. The summed E-state index contributed by atoms with van der Waals surface area (Å²) >= 11 is 1.54. The number of carboxylic acids is 1. The molecule has 0 saturated carbocycles. The van der Waals surface area contributed by atoms with Crippen LogP contribution in [0.15, 0.2) is 53.5 Å². The summed E-state index contributed by atoms with van der Waals surface area (Å²) in [6, 6.07) is 13.0. The lowest BCUT2D eigenvalue weighted by atomic mass is 10.1. The fourth-order valence-electron chi connectivity index (χ4n) is 5.08. The van der Waals surface area contributed by atoms with E-state index in [2.05, 4.69) is 9.80 Å². The first-order valence-electron chi connectivity index (χ1n) is 13.5. The molecule has 41 heavy (non-hydrogen) atoms. The number of nitrogens with zero attached hydrogens (tertiary/aromatic N) is 4. The summed E-state index contributed by atoms with van der Waals surface area (Å²) < 4.78 is 19.0. The van der Waals surface area contributed by atoms with Crippen molar-refractivity contribution < 1.29 is 24.1 Å². The number of fused-ring (bicyclic) bond motifs is 1. The molecule has 1 N–H and O–H groups in total. The van der Waals surface area contributed by atoms with Gasteiger partial charge in [-0.25, -0.2) is 9.78 Å². The monoisotopic (exact) mass is 578 g/mol. The van der Waals surface area contributed by atoms with Gasteiger partial charge in [0.05, 0.1) is 41.9 Å². The number of aromatic nitrogens is 2. The zero-order valence-corrected chi connectivity index (χ0v) is 24.3. The number of ether oxygens (including phenoxy) is 3. The van der Waals surface area contributed by atoms with Crippen LogP contribution in [0.5, 0.6) is 5.75 Å². The minimum Gasteiger partial charge on any atom is -0.495 e. The molecule has 2 aromatic heterocycles. The molecule has 0 unspecified atom stereocenters. The Morgan fingerprint density at radius 2 is 1.76 bits per heavy atom. The van der Waals surface area contributed by atoms with Crippen LogP contribution in [0, 0.1) is 0 Å². The van der Waals surface area contributed by atoms with Gasteiger partial charge in [-0.2, -0.15) is 0 Å². The molecule has 0 aliphatic carbocycles. The highest BCUT2D eigenvalue weighted by molar-refractivity contribution is 7.22. The Hall–Kier alpha value is -3.93. The van der Waals surface area contributed by atoms with E-state index < -0.39 is 11.4 Å². The zero-order valence-electron chi connectivity index (χ0n) is 23.5. The number of hydrogen-bond acceptors (Lipinski definition) is 9. The summed E-state index contributed by atoms with van der Waals surface area (Å²) in [5.41, 5.74) is 3.00. The first kappa shape index (κ1) is 28.6. The highest BCUT2D eigenvalue weighted by Crippen LogP contribution is 2.36. The van der Waals surface area contributed by atoms with Gasteiger partial charge < -0.3 is 33.7 Å². The molecule has 1 aliphatic heterocycles. The van der Waals surface area contributed by atoms with Crippen LogP contribution in [-0.4, -0.2) is 81.3 Å². The maximum Gasteiger partial charge on any atom is 0.341 e. The van der Waals surface area contributed by atoms with Crippen LogP contribution in [-0.2, 0) is 9.47 Å². The number of aromatic carboxylic acids is 1. The Kier molecular flexibility index (Phi) is 8.87. The van der Waals surface area contributed by atoms with Crippen LogP contribution in [0.2, 0.25) is 0 Å². The maximum absolute atomic E-state index is 12.9. The predicted octanol–water partition coefficient (Wildman–Crippen LogP) is 4.52. The van der Waals surface area contributed by atoms with Crippen LogP contribution in [0.4, 0.5) is 10.8 Å². The summed E-state index contributed by atoms with van der Waals surface area (Å²) in [6.07, 6.45) is 3.67. The fraction of sp³-hybridized carbons (Fsp3) is 0.367. The van der Waals surface area contributed by atoms with Crippen LogP contribution in [0.3, 0.4) is 0 Å². The number of anilines is 2. The fourth-order valence-corrected chi connectivity index (χ4v) is 6.13. The Labute approximate surface area is 242 Å². The zero-order chi connectivity index (χ0) is 28.9. The average Bonchev–Trinajstić information content (AvgIpc) is 3.67. The van der Waals surface area contributed by atoms with E-state index in [1.807, 2.05) is 36.4 Å². The van der Waals surface area contributed by atoms with Crippen LogP contribution in [0.25, 0.3) is 27.2 Å². The molecular formula is C30H34N4O6S. The second kappa shape index (κ2) is 12.7. The van der Waals surface area contributed by atoms with E-state index in [0.717, 1.165) is 52.5 Å². The van der Waals surface area contributed by atoms with E-state index in [4.69, 9.17) is 19.2 Å². The van der Waals surface area contributed by atoms with Crippen LogP contribution < -0.4 is 20.0 Å². The largest absolute Gasteiger partial charge is 0.495 e. The highest BCUT2D eigenvalue weighted by Gasteiger charge is 2.20. The lowest BCUT2D eigenvalue weighted by molar-refractivity contribution is 0.0695. The SMILES string of the molecule is COCCN(CCOC)c1nc2ccc(-n3cc(C(=O)O)c(=O)cc3-c3ccc(N4CCCC4)c(OC)c3)cc2s1. The van der Waals surface area contributed by atoms with Crippen molar-refractivity contribution in [2.24, 2.45) is 0 Å². The number of benzene rings is 2. The van der Waals surface area contributed by atoms with E-state index in [-0.39, 0.29) is 5.56 Å². The Morgan fingerprint density at radius 1 is 1.02 bits per heavy atom. The molecule has 0 bridgehead atoms. The highest BCUT2D eigenvalue weighted by atomic mass is 32.1. The second-order valence-electron chi connectivity index (χ2n) is 9.81. The molecule has 10 nitrogen and oxygen atoms in total. The van der Waals surface area contributed by atoms with Crippen molar-refractivity contribution >= 4 is 38.3 Å². The average molecular weight is 579 g/mol. The van der Waals surface area contributed by atoms with Gasteiger partial charge in [0, 0.05) is 63.9 Å². The van der Waals surface area contributed by atoms with Crippen LogP contribution >= 0.6 is 11.3 Å². The molecule has 0 radical (unpaired) electrons. The van der Waals surface area contributed by atoms with Crippen molar-refractivity contribution in [3.8, 4) is 22.7 Å². The van der Waals surface area contributed by atoms with Crippen molar-refractivity contribution in [1.29, 1.82) is 0 Å². The number of rotatable bonds is 12. The molecule has 0 amide bonds. The second-order valence-corrected chi connectivity index (χ2v) is 10.8. The van der Waals surface area contributed by atoms with Gasteiger partial charge in [-0.05, 0) is 43.2 Å². The van der Waals surface area contributed by atoms with Gasteiger partial charge in [0.2, 0.25) is 0 Å². The minimum absolute atomic E-state index is 0.301. The van der Waals surface area contributed by atoms with E-state index in [9.17, 15) is 14.7 Å². The van der Waals surface area contributed by atoms with Crippen molar-refractivity contribution in [1.82, 2.24) is 9.55 Å². The number of methoxy groups -OCH3 is 3. The lowest BCUT2D eigenvalue weighted by Gasteiger charge is -2.22. The van der Waals surface area contributed by atoms with Crippen molar-refractivity contribution in [2.45, 2.75) is 12.8 Å². The van der Waals surface area contributed by atoms with E-state index in [1.54, 1.807) is 25.9 Å². The number of pyridine rings is 1. The van der Waals surface area contributed by atoms with Gasteiger partial charge in [-0.3, -0.25) is 4.79 Å². The molecular weight excluding hydrogens is 544 g/mol. The molecule has 1 saturated heterocycles. The summed E-state index contributed by atoms with van der Waals surface area (Å²) in [5.74, 6) is -0.564. The van der Waals surface area contributed by atoms with Crippen molar-refractivity contribution in [3.63, 3.8) is 0 Å². The third-order valence-electron chi connectivity index (χ3n) is 7.24. The summed E-state index contributed by atoms with van der Waals surface area (Å²) in [4.78, 5) is 34.0. The van der Waals surface area contributed by atoms with Gasteiger partial charge in [0.1, 0.15) is 11.3 Å². The van der Waals surface area contributed by atoms with Gasteiger partial charge in [0.25, 0.3) is 0 Å². The molecule has 0 spiro atoms. The number of hydrogen-bond donors (Lipinski definition) is 1. The van der Waals surface area contributed by atoms with Gasteiger partial charge in [0.15, 0.2) is 10.6 Å². The third kappa shape index (κ3) is 6.07. The smallest absolute Gasteiger partial charge is 0.341 e. The van der Waals surface area contributed by atoms with E-state index in [0.29, 0.717) is 43.4 Å². The number of carboxylic acid groups (broad SMARTS) is 1. The molecule has 11 heteroatoms. The minimum atomic E-state index is -1.27. The summed E-state index contributed by atoms with van der Waals surface area (Å²) in [7, 11) is 4.97. The van der Waals surface area contributed by atoms with Crippen molar-refractivity contribution in [2.75, 3.05) is 70.5 Å². The van der Waals surface area contributed by atoms with E-state index in [1.165, 1.54) is 23.6 Å². The van der Waals surface area contributed by atoms with Crippen molar-refractivity contribution in [3.05, 3.63) is 64.4 Å². The molecule has 5 rings (SSSR count). The Morgan fingerprint density at radius 3 is 2.41 bits per heavy atom. The Balaban J connectivity index is 1.60. The van der Waals surface area contributed by atoms with Gasteiger partial charge in [-0.1, -0.05) is 17.4 Å². The number of carbonyl (C=O) groups is 1. The molecule has 3 heterocycles. The van der Waals surface area contributed by atoms with Gasteiger partial charge >= 0.3 is 5.97 Å². The quantitative estimate of drug-likeness (QED) is 0.260. The van der Waals surface area contributed by atoms with E-state index >= 15 is 0 Å². The summed E-state index contributed by atoms with van der Waals surface area (Å²) in [5, 5.41) is 10.6. The first-order chi connectivity index (χ1) is 19.9.